The number of carboxylic acids is 1. The van der Waals surface area contributed by atoms with Crippen LogP contribution in [0.3, 0.4) is 0 Å². The van der Waals surface area contributed by atoms with Crippen molar-refractivity contribution in [2.75, 3.05) is 19.6 Å². The van der Waals surface area contributed by atoms with E-state index >= 15 is 0 Å². The lowest BCUT2D eigenvalue weighted by Crippen LogP contribution is -2.34. The zero-order valence-electron chi connectivity index (χ0n) is 10.1. The van der Waals surface area contributed by atoms with Gasteiger partial charge in [0.05, 0.1) is 0 Å². The normalized spacial score (nSPS) is 15.6. The van der Waals surface area contributed by atoms with Gasteiger partial charge in [-0.25, -0.2) is 9.78 Å². The summed E-state index contributed by atoms with van der Waals surface area (Å²) in [5.74, 6) is -1.56. The van der Waals surface area contributed by atoms with Crippen LogP contribution < -0.4 is 5.32 Å². The standard InChI is InChI=1S/C12H13N3O4/c16-10-2-5-15(6-4-14-10)11(17)8-1-3-13-9(7-8)12(18)19/h1,3,7H,2,4-6H2,(H,14,16)(H,18,19). The molecular formula is C12H13N3O4. The zero-order valence-corrected chi connectivity index (χ0v) is 10.1. The molecule has 1 saturated heterocycles. The number of rotatable bonds is 2. The molecule has 0 atom stereocenters. The van der Waals surface area contributed by atoms with Crippen molar-refractivity contribution in [1.82, 2.24) is 15.2 Å². The monoisotopic (exact) mass is 263 g/mol. The molecule has 19 heavy (non-hydrogen) atoms. The van der Waals surface area contributed by atoms with Crippen LogP contribution in [0.1, 0.15) is 27.3 Å². The van der Waals surface area contributed by atoms with Crippen LogP contribution in [0.15, 0.2) is 18.3 Å². The quantitative estimate of drug-likeness (QED) is 0.766. The molecule has 2 N–H and O–H groups in total. The van der Waals surface area contributed by atoms with E-state index in [2.05, 4.69) is 10.3 Å². The maximum Gasteiger partial charge on any atom is 0.354 e. The smallest absolute Gasteiger partial charge is 0.354 e. The number of amides is 2. The second-order valence-electron chi connectivity index (χ2n) is 4.13. The van der Waals surface area contributed by atoms with E-state index in [4.69, 9.17) is 5.11 Å². The summed E-state index contributed by atoms with van der Waals surface area (Å²) >= 11 is 0. The van der Waals surface area contributed by atoms with Crippen molar-refractivity contribution in [1.29, 1.82) is 0 Å². The summed E-state index contributed by atoms with van der Waals surface area (Å²) < 4.78 is 0. The third-order valence-corrected chi connectivity index (χ3v) is 2.83. The molecule has 0 unspecified atom stereocenters. The fraction of sp³-hybridized carbons (Fsp3) is 0.333. The van der Waals surface area contributed by atoms with Gasteiger partial charge in [0.2, 0.25) is 5.91 Å². The molecule has 1 aromatic heterocycles. The van der Waals surface area contributed by atoms with Gasteiger partial charge in [0.1, 0.15) is 5.69 Å². The van der Waals surface area contributed by atoms with E-state index in [-0.39, 0.29) is 29.5 Å². The summed E-state index contributed by atoms with van der Waals surface area (Å²) in [6, 6.07) is 2.71. The lowest BCUT2D eigenvalue weighted by molar-refractivity contribution is -0.120. The molecule has 0 saturated carbocycles. The Labute approximate surface area is 109 Å². The second kappa shape index (κ2) is 5.47. The third kappa shape index (κ3) is 3.06. The molecular weight excluding hydrogens is 250 g/mol. The Morgan fingerprint density at radius 2 is 2.16 bits per heavy atom. The van der Waals surface area contributed by atoms with Crippen LogP contribution in [0.25, 0.3) is 0 Å². The minimum absolute atomic E-state index is 0.0868. The largest absolute Gasteiger partial charge is 0.477 e. The minimum atomic E-state index is -1.18. The molecule has 0 spiro atoms. The maximum atomic E-state index is 12.2. The topological polar surface area (TPSA) is 99.6 Å². The van der Waals surface area contributed by atoms with Crippen LogP contribution >= 0.6 is 0 Å². The highest BCUT2D eigenvalue weighted by Crippen LogP contribution is 2.08. The predicted molar refractivity (Wildman–Crippen MR) is 64.7 cm³/mol. The van der Waals surface area contributed by atoms with Crippen molar-refractivity contribution >= 4 is 17.8 Å². The molecule has 1 aromatic rings. The number of carbonyl (C=O) groups excluding carboxylic acids is 2. The first kappa shape index (κ1) is 13.0. The van der Waals surface area contributed by atoms with Gasteiger partial charge >= 0.3 is 5.97 Å². The summed E-state index contributed by atoms with van der Waals surface area (Å²) in [6.45, 7) is 1.14. The van der Waals surface area contributed by atoms with Crippen LogP contribution in [0.2, 0.25) is 0 Å². The molecule has 100 valence electrons. The predicted octanol–water partition coefficient (Wildman–Crippen LogP) is -0.258. The number of aromatic carboxylic acids is 1. The summed E-state index contributed by atoms with van der Waals surface area (Å²) in [4.78, 5) is 39.4. The molecule has 7 heteroatoms. The van der Waals surface area contributed by atoms with Gasteiger partial charge in [0.25, 0.3) is 5.91 Å². The van der Waals surface area contributed by atoms with E-state index in [1.165, 1.54) is 23.2 Å². The van der Waals surface area contributed by atoms with Crippen molar-refractivity contribution in [3.8, 4) is 0 Å². The van der Waals surface area contributed by atoms with E-state index in [1.54, 1.807) is 0 Å². The number of aromatic nitrogens is 1. The molecule has 1 aliphatic heterocycles. The average Bonchev–Trinajstić information content (AvgIpc) is 2.63. The third-order valence-electron chi connectivity index (χ3n) is 2.83. The van der Waals surface area contributed by atoms with Crippen LogP contribution in [-0.2, 0) is 4.79 Å². The van der Waals surface area contributed by atoms with E-state index in [0.717, 1.165) is 0 Å². The van der Waals surface area contributed by atoms with Crippen molar-refractivity contribution in [3.63, 3.8) is 0 Å². The zero-order chi connectivity index (χ0) is 13.8. The lowest BCUT2D eigenvalue weighted by atomic mass is 10.2. The fourth-order valence-electron chi connectivity index (χ4n) is 1.83. The molecule has 0 aliphatic carbocycles. The number of nitrogens with zero attached hydrogens (tertiary/aromatic N) is 2. The Morgan fingerprint density at radius 3 is 2.89 bits per heavy atom. The number of carbonyl (C=O) groups is 3. The van der Waals surface area contributed by atoms with Crippen molar-refractivity contribution in [2.45, 2.75) is 6.42 Å². The van der Waals surface area contributed by atoms with Crippen molar-refractivity contribution in [3.05, 3.63) is 29.6 Å². The van der Waals surface area contributed by atoms with Crippen molar-refractivity contribution in [2.24, 2.45) is 0 Å². The Balaban J connectivity index is 2.16. The van der Waals surface area contributed by atoms with Gasteiger partial charge in [0.15, 0.2) is 0 Å². The van der Waals surface area contributed by atoms with Gasteiger partial charge in [-0.1, -0.05) is 0 Å². The molecule has 2 amide bonds. The summed E-state index contributed by atoms with van der Waals surface area (Å²) in [6.07, 6.45) is 1.54. The molecule has 0 bridgehead atoms. The lowest BCUT2D eigenvalue weighted by Gasteiger charge is -2.19. The van der Waals surface area contributed by atoms with Gasteiger partial charge in [-0.2, -0.15) is 0 Å². The number of hydrogen-bond acceptors (Lipinski definition) is 4. The Morgan fingerprint density at radius 1 is 1.37 bits per heavy atom. The Kier molecular flexibility index (Phi) is 3.74. The van der Waals surface area contributed by atoms with E-state index < -0.39 is 5.97 Å². The van der Waals surface area contributed by atoms with E-state index in [9.17, 15) is 14.4 Å². The minimum Gasteiger partial charge on any atom is -0.477 e. The maximum absolute atomic E-state index is 12.2. The molecule has 2 heterocycles. The van der Waals surface area contributed by atoms with Crippen molar-refractivity contribution < 1.29 is 19.5 Å². The van der Waals surface area contributed by atoms with Crippen LogP contribution in [0, 0.1) is 0 Å². The van der Waals surface area contributed by atoms with Crippen LogP contribution in [0.4, 0.5) is 0 Å². The molecule has 1 aliphatic rings. The summed E-state index contributed by atoms with van der Waals surface area (Å²) in [5, 5.41) is 11.5. The number of pyridine rings is 1. The van der Waals surface area contributed by atoms with E-state index in [0.29, 0.717) is 19.6 Å². The Bertz CT molecular complexity index is 529. The molecule has 0 radical (unpaired) electrons. The number of hydrogen-bond donors (Lipinski definition) is 2. The highest BCUT2D eigenvalue weighted by molar-refractivity contribution is 5.97. The van der Waals surface area contributed by atoms with Crippen LogP contribution in [-0.4, -0.2) is 52.4 Å². The molecule has 2 rings (SSSR count). The van der Waals surface area contributed by atoms with E-state index in [1.807, 2.05) is 0 Å². The molecule has 7 nitrogen and oxygen atoms in total. The van der Waals surface area contributed by atoms with Gasteiger partial charge in [-0.3, -0.25) is 9.59 Å². The van der Waals surface area contributed by atoms with Gasteiger partial charge in [-0.05, 0) is 12.1 Å². The number of nitrogens with one attached hydrogen (secondary N) is 1. The van der Waals surface area contributed by atoms with Gasteiger partial charge in [-0.15, -0.1) is 0 Å². The first-order valence-corrected chi connectivity index (χ1v) is 5.83. The Hall–Kier alpha value is -2.44. The summed E-state index contributed by atoms with van der Waals surface area (Å²) in [5.41, 5.74) is 0.0941. The summed E-state index contributed by atoms with van der Waals surface area (Å²) in [7, 11) is 0. The SMILES string of the molecule is O=C1CCN(C(=O)c2ccnc(C(=O)O)c2)CCN1. The molecule has 1 fully saturated rings. The molecule has 0 aromatic carbocycles. The fourth-order valence-corrected chi connectivity index (χ4v) is 1.83. The highest BCUT2D eigenvalue weighted by atomic mass is 16.4. The van der Waals surface area contributed by atoms with Gasteiger partial charge < -0.3 is 15.3 Å². The van der Waals surface area contributed by atoms with Crippen LogP contribution in [0.5, 0.6) is 0 Å². The van der Waals surface area contributed by atoms with Gasteiger partial charge in [0, 0.05) is 37.8 Å². The first-order valence-electron chi connectivity index (χ1n) is 5.83. The first-order chi connectivity index (χ1) is 9.08. The second-order valence-corrected chi connectivity index (χ2v) is 4.13. The highest BCUT2D eigenvalue weighted by Gasteiger charge is 2.20. The average molecular weight is 263 g/mol. The number of carboxylic acid groups (broad SMARTS) is 1.